The first kappa shape index (κ1) is 14.0. The summed E-state index contributed by atoms with van der Waals surface area (Å²) in [5.41, 5.74) is 1.05. The minimum Gasteiger partial charge on any atom is -0.306 e. The first-order valence-electron chi connectivity index (χ1n) is 5.39. The summed E-state index contributed by atoms with van der Waals surface area (Å²) in [6.45, 7) is 3.47. The second-order valence-electron chi connectivity index (χ2n) is 3.93. The number of rotatable bonds is 4. The predicted molar refractivity (Wildman–Crippen MR) is 58.4 cm³/mol. The third-order valence-corrected chi connectivity index (χ3v) is 2.57. The number of halogens is 4. The molecule has 1 atom stereocenters. The Bertz CT molecular complexity index is 373. The van der Waals surface area contributed by atoms with Crippen LogP contribution in [0.4, 0.5) is 17.6 Å². The van der Waals surface area contributed by atoms with Crippen LogP contribution in [0.15, 0.2) is 18.2 Å². The van der Waals surface area contributed by atoms with Gasteiger partial charge in [-0.2, -0.15) is 13.2 Å². The number of alkyl halides is 3. The molecule has 1 aromatic carbocycles. The fourth-order valence-electron chi connectivity index (χ4n) is 1.66. The molecule has 1 nitrogen and oxygen atoms in total. The Morgan fingerprint density at radius 1 is 1.29 bits per heavy atom. The summed E-state index contributed by atoms with van der Waals surface area (Å²) < 4.78 is 50.8. The van der Waals surface area contributed by atoms with Gasteiger partial charge >= 0.3 is 6.18 Å². The molecule has 0 saturated carbocycles. The molecule has 0 bridgehead atoms. The van der Waals surface area contributed by atoms with E-state index in [-0.39, 0.29) is 13.0 Å². The van der Waals surface area contributed by atoms with Crippen LogP contribution in [-0.2, 0) is 6.42 Å². The van der Waals surface area contributed by atoms with E-state index in [4.69, 9.17) is 0 Å². The van der Waals surface area contributed by atoms with E-state index in [1.54, 1.807) is 13.8 Å². The van der Waals surface area contributed by atoms with Gasteiger partial charge in [0.1, 0.15) is 11.9 Å². The van der Waals surface area contributed by atoms with Gasteiger partial charge in [-0.05, 0) is 43.1 Å². The Kier molecular flexibility index (Phi) is 4.51. The zero-order chi connectivity index (χ0) is 13.1. The standard InChI is InChI=1S/C12H15F4N/c1-3-17-11(12(14,15)16)7-9-4-5-10(13)6-8(9)2/h4-6,11,17H,3,7H2,1-2H3. The van der Waals surface area contributed by atoms with Crippen LogP contribution < -0.4 is 5.32 Å². The van der Waals surface area contributed by atoms with Gasteiger partial charge in [-0.1, -0.05) is 13.0 Å². The molecule has 1 N–H and O–H groups in total. The molecule has 0 saturated heterocycles. The maximum atomic E-state index is 12.8. The molecule has 1 rings (SSSR count). The zero-order valence-corrected chi connectivity index (χ0v) is 9.74. The van der Waals surface area contributed by atoms with E-state index in [9.17, 15) is 17.6 Å². The average molecular weight is 249 g/mol. The van der Waals surface area contributed by atoms with Crippen LogP contribution in [-0.4, -0.2) is 18.8 Å². The van der Waals surface area contributed by atoms with Crippen molar-refractivity contribution in [1.29, 1.82) is 0 Å². The summed E-state index contributed by atoms with van der Waals surface area (Å²) >= 11 is 0. The normalized spacial score (nSPS) is 13.8. The number of nitrogens with one attached hydrogen (secondary N) is 1. The van der Waals surface area contributed by atoms with Crippen LogP contribution in [0.5, 0.6) is 0 Å². The molecule has 0 spiro atoms. The molecule has 0 fully saturated rings. The Morgan fingerprint density at radius 3 is 2.41 bits per heavy atom. The van der Waals surface area contributed by atoms with Crippen molar-refractivity contribution < 1.29 is 17.6 Å². The Balaban J connectivity index is 2.86. The van der Waals surface area contributed by atoms with Gasteiger partial charge in [0.05, 0.1) is 0 Å². The summed E-state index contributed by atoms with van der Waals surface area (Å²) in [6, 6.07) is 2.24. The fraction of sp³-hybridized carbons (Fsp3) is 0.500. The van der Waals surface area contributed by atoms with Crippen molar-refractivity contribution in [2.75, 3.05) is 6.54 Å². The number of aryl methyl sites for hydroxylation is 1. The molecular weight excluding hydrogens is 234 g/mol. The van der Waals surface area contributed by atoms with Gasteiger partial charge in [-0.25, -0.2) is 4.39 Å². The summed E-state index contributed by atoms with van der Waals surface area (Å²) in [5.74, 6) is -0.432. The van der Waals surface area contributed by atoms with Crippen LogP contribution in [0.1, 0.15) is 18.1 Å². The SMILES string of the molecule is CCNC(Cc1ccc(F)cc1C)C(F)(F)F. The van der Waals surface area contributed by atoms with E-state index >= 15 is 0 Å². The maximum Gasteiger partial charge on any atom is 0.404 e. The molecule has 17 heavy (non-hydrogen) atoms. The molecule has 0 radical (unpaired) electrons. The van der Waals surface area contributed by atoms with E-state index in [0.717, 1.165) is 0 Å². The van der Waals surface area contributed by atoms with Crippen molar-refractivity contribution in [2.45, 2.75) is 32.5 Å². The largest absolute Gasteiger partial charge is 0.404 e. The van der Waals surface area contributed by atoms with Gasteiger partial charge in [-0.3, -0.25) is 0 Å². The number of likely N-dealkylation sites (N-methyl/N-ethyl adjacent to an activating group) is 1. The highest BCUT2D eigenvalue weighted by molar-refractivity contribution is 5.27. The van der Waals surface area contributed by atoms with E-state index in [1.165, 1.54) is 18.2 Å². The lowest BCUT2D eigenvalue weighted by molar-refractivity contribution is -0.155. The second-order valence-corrected chi connectivity index (χ2v) is 3.93. The monoisotopic (exact) mass is 249 g/mol. The molecule has 0 aliphatic rings. The summed E-state index contributed by atoms with van der Waals surface area (Å²) in [4.78, 5) is 0. The summed E-state index contributed by atoms with van der Waals surface area (Å²) in [7, 11) is 0. The smallest absolute Gasteiger partial charge is 0.306 e. The highest BCUT2D eigenvalue weighted by Crippen LogP contribution is 2.24. The third kappa shape index (κ3) is 4.00. The average Bonchev–Trinajstić information content (AvgIpc) is 2.19. The van der Waals surface area contributed by atoms with Gasteiger partial charge < -0.3 is 5.32 Å². The number of hydrogen-bond acceptors (Lipinski definition) is 1. The van der Waals surface area contributed by atoms with Crippen molar-refractivity contribution >= 4 is 0 Å². The Morgan fingerprint density at radius 2 is 1.94 bits per heavy atom. The van der Waals surface area contributed by atoms with E-state index < -0.39 is 18.0 Å². The van der Waals surface area contributed by atoms with Gasteiger partial charge in [-0.15, -0.1) is 0 Å². The lowest BCUT2D eigenvalue weighted by Gasteiger charge is -2.21. The molecule has 0 aromatic heterocycles. The molecule has 0 heterocycles. The van der Waals surface area contributed by atoms with Crippen LogP contribution in [0.2, 0.25) is 0 Å². The highest BCUT2D eigenvalue weighted by atomic mass is 19.4. The van der Waals surface area contributed by atoms with Crippen molar-refractivity contribution in [3.8, 4) is 0 Å². The zero-order valence-electron chi connectivity index (χ0n) is 9.74. The fourth-order valence-corrected chi connectivity index (χ4v) is 1.66. The van der Waals surface area contributed by atoms with Crippen molar-refractivity contribution in [2.24, 2.45) is 0 Å². The molecule has 0 aliphatic heterocycles. The first-order chi connectivity index (χ1) is 7.84. The minimum atomic E-state index is -4.29. The predicted octanol–water partition coefficient (Wildman–Crippen LogP) is 3.22. The molecule has 0 aliphatic carbocycles. The van der Waals surface area contributed by atoms with Gasteiger partial charge in [0.25, 0.3) is 0 Å². The molecule has 0 amide bonds. The quantitative estimate of drug-likeness (QED) is 0.808. The summed E-state index contributed by atoms with van der Waals surface area (Å²) in [5, 5.41) is 2.39. The Labute approximate surface area is 97.8 Å². The van der Waals surface area contributed by atoms with E-state index in [2.05, 4.69) is 5.32 Å². The van der Waals surface area contributed by atoms with Crippen molar-refractivity contribution in [3.63, 3.8) is 0 Å². The van der Waals surface area contributed by atoms with Crippen LogP contribution in [0, 0.1) is 12.7 Å². The van der Waals surface area contributed by atoms with E-state index in [1.807, 2.05) is 0 Å². The Hall–Kier alpha value is -1.10. The second kappa shape index (κ2) is 5.49. The molecule has 1 unspecified atom stereocenters. The van der Waals surface area contributed by atoms with Crippen LogP contribution in [0.25, 0.3) is 0 Å². The van der Waals surface area contributed by atoms with Crippen molar-refractivity contribution in [1.82, 2.24) is 5.32 Å². The highest BCUT2D eigenvalue weighted by Gasteiger charge is 2.38. The third-order valence-electron chi connectivity index (χ3n) is 2.57. The first-order valence-corrected chi connectivity index (χ1v) is 5.39. The summed E-state index contributed by atoms with van der Waals surface area (Å²) in [6.07, 6.45) is -4.47. The van der Waals surface area contributed by atoms with Gasteiger partial charge in [0, 0.05) is 0 Å². The molecular formula is C12H15F4N. The lowest BCUT2D eigenvalue weighted by atomic mass is 10.0. The number of hydrogen-bond donors (Lipinski definition) is 1. The van der Waals surface area contributed by atoms with Gasteiger partial charge in [0.15, 0.2) is 0 Å². The minimum absolute atomic E-state index is 0.177. The molecule has 5 heteroatoms. The van der Waals surface area contributed by atoms with Crippen molar-refractivity contribution in [3.05, 3.63) is 35.1 Å². The number of benzene rings is 1. The van der Waals surface area contributed by atoms with Crippen LogP contribution in [0.3, 0.4) is 0 Å². The topological polar surface area (TPSA) is 12.0 Å². The van der Waals surface area contributed by atoms with Crippen LogP contribution >= 0.6 is 0 Å². The maximum absolute atomic E-state index is 12.8. The molecule has 96 valence electrons. The van der Waals surface area contributed by atoms with Gasteiger partial charge in [0.2, 0.25) is 0 Å². The lowest BCUT2D eigenvalue weighted by Crippen LogP contribution is -2.43. The molecule has 1 aromatic rings. The van der Waals surface area contributed by atoms with E-state index in [0.29, 0.717) is 11.1 Å².